The van der Waals surface area contributed by atoms with Gasteiger partial charge in [0.25, 0.3) is 0 Å². The van der Waals surface area contributed by atoms with Crippen molar-refractivity contribution in [1.29, 1.82) is 0 Å². The molecule has 0 bridgehead atoms. The Hall–Kier alpha value is -1.29. The zero-order chi connectivity index (χ0) is 15.9. The standard InChI is InChI=1S/C18H31N3O/c1-15(2)14-21-11-8-16(9-12-21)13-19-18(22)7-6-17-5-4-10-20(17)3/h4-5,10,15-16H,6-9,11-14H2,1-3H3,(H,19,22). The van der Waals surface area contributed by atoms with E-state index in [0.717, 1.165) is 18.9 Å². The Balaban J connectivity index is 1.60. The number of aryl methyl sites for hydroxylation is 2. The highest BCUT2D eigenvalue weighted by Crippen LogP contribution is 2.17. The van der Waals surface area contributed by atoms with Crippen LogP contribution in [0.15, 0.2) is 18.3 Å². The topological polar surface area (TPSA) is 37.3 Å². The molecule has 2 rings (SSSR count). The second-order valence-corrected chi connectivity index (χ2v) is 7.05. The number of nitrogens with zero attached hydrogens (tertiary/aromatic N) is 2. The molecule has 124 valence electrons. The second kappa shape index (κ2) is 8.37. The Labute approximate surface area is 134 Å². The van der Waals surface area contributed by atoms with Gasteiger partial charge in [-0.1, -0.05) is 13.8 Å². The number of aromatic nitrogens is 1. The van der Waals surface area contributed by atoms with E-state index in [9.17, 15) is 4.79 Å². The summed E-state index contributed by atoms with van der Waals surface area (Å²) in [7, 11) is 2.03. The average Bonchev–Trinajstić information content (AvgIpc) is 2.89. The second-order valence-electron chi connectivity index (χ2n) is 7.05. The highest BCUT2D eigenvalue weighted by molar-refractivity contribution is 5.76. The van der Waals surface area contributed by atoms with Crippen molar-refractivity contribution in [2.24, 2.45) is 18.9 Å². The predicted octanol–water partition coefficient (Wildman–Crippen LogP) is 2.44. The van der Waals surface area contributed by atoms with Gasteiger partial charge in [-0.3, -0.25) is 4.79 Å². The molecule has 1 saturated heterocycles. The Morgan fingerprint density at radius 1 is 1.36 bits per heavy atom. The smallest absolute Gasteiger partial charge is 0.220 e. The van der Waals surface area contributed by atoms with E-state index in [2.05, 4.69) is 34.7 Å². The zero-order valence-electron chi connectivity index (χ0n) is 14.3. The minimum atomic E-state index is 0.186. The molecule has 0 spiro atoms. The SMILES string of the molecule is CC(C)CN1CCC(CNC(=O)CCc2cccn2C)CC1. The maximum absolute atomic E-state index is 12.0. The van der Waals surface area contributed by atoms with E-state index in [1.54, 1.807) is 0 Å². The monoisotopic (exact) mass is 305 g/mol. The predicted molar refractivity (Wildman–Crippen MR) is 90.7 cm³/mol. The Bertz CT molecular complexity index is 459. The first-order valence-corrected chi connectivity index (χ1v) is 8.64. The van der Waals surface area contributed by atoms with Gasteiger partial charge in [0.1, 0.15) is 0 Å². The third-order valence-corrected chi connectivity index (χ3v) is 4.58. The molecule has 22 heavy (non-hydrogen) atoms. The van der Waals surface area contributed by atoms with Crippen LogP contribution in [0.25, 0.3) is 0 Å². The van der Waals surface area contributed by atoms with Gasteiger partial charge in [-0.15, -0.1) is 0 Å². The summed E-state index contributed by atoms with van der Waals surface area (Å²) in [5.41, 5.74) is 1.22. The highest BCUT2D eigenvalue weighted by Gasteiger charge is 2.19. The van der Waals surface area contributed by atoms with Crippen molar-refractivity contribution in [2.45, 2.75) is 39.5 Å². The number of amides is 1. The number of rotatable bonds is 7. The van der Waals surface area contributed by atoms with Gasteiger partial charge in [0, 0.05) is 38.4 Å². The van der Waals surface area contributed by atoms with Gasteiger partial charge < -0.3 is 14.8 Å². The van der Waals surface area contributed by atoms with Crippen LogP contribution in [-0.2, 0) is 18.3 Å². The molecule has 4 nitrogen and oxygen atoms in total. The van der Waals surface area contributed by atoms with Crippen LogP contribution < -0.4 is 5.32 Å². The minimum Gasteiger partial charge on any atom is -0.356 e. The first kappa shape index (κ1) is 17.1. The van der Waals surface area contributed by atoms with Gasteiger partial charge in [0.05, 0.1) is 0 Å². The third-order valence-electron chi connectivity index (χ3n) is 4.58. The van der Waals surface area contributed by atoms with Crippen molar-refractivity contribution < 1.29 is 4.79 Å². The number of carbonyl (C=O) groups is 1. The van der Waals surface area contributed by atoms with E-state index in [4.69, 9.17) is 0 Å². The highest BCUT2D eigenvalue weighted by atomic mass is 16.1. The van der Waals surface area contributed by atoms with Gasteiger partial charge in [-0.05, 0) is 56.3 Å². The Kier molecular flexibility index (Phi) is 6.49. The van der Waals surface area contributed by atoms with Crippen molar-refractivity contribution in [2.75, 3.05) is 26.2 Å². The molecule has 1 N–H and O–H groups in total. The van der Waals surface area contributed by atoms with E-state index in [1.165, 1.54) is 38.2 Å². The summed E-state index contributed by atoms with van der Waals surface area (Å²) in [5.74, 6) is 1.59. The first-order valence-electron chi connectivity index (χ1n) is 8.64. The molecule has 1 fully saturated rings. The lowest BCUT2D eigenvalue weighted by Gasteiger charge is -2.33. The van der Waals surface area contributed by atoms with Gasteiger partial charge in [-0.25, -0.2) is 0 Å². The molecule has 0 aliphatic carbocycles. The third kappa shape index (κ3) is 5.48. The average molecular weight is 305 g/mol. The Morgan fingerprint density at radius 2 is 2.09 bits per heavy atom. The molecule has 1 amide bonds. The number of hydrogen-bond donors (Lipinski definition) is 1. The summed E-state index contributed by atoms with van der Waals surface area (Å²) in [5, 5.41) is 3.12. The van der Waals surface area contributed by atoms with Crippen LogP contribution in [0.3, 0.4) is 0 Å². The number of likely N-dealkylation sites (tertiary alicyclic amines) is 1. The Morgan fingerprint density at radius 3 is 2.68 bits per heavy atom. The molecule has 1 aromatic heterocycles. The fourth-order valence-electron chi connectivity index (χ4n) is 3.23. The van der Waals surface area contributed by atoms with E-state index >= 15 is 0 Å². The van der Waals surface area contributed by atoms with Crippen LogP contribution in [0.4, 0.5) is 0 Å². The van der Waals surface area contributed by atoms with Crippen molar-refractivity contribution in [3.63, 3.8) is 0 Å². The van der Waals surface area contributed by atoms with Crippen molar-refractivity contribution in [3.8, 4) is 0 Å². The summed E-state index contributed by atoms with van der Waals surface area (Å²) in [6.07, 6.45) is 5.86. The normalized spacial score (nSPS) is 17.1. The number of hydrogen-bond acceptors (Lipinski definition) is 2. The zero-order valence-corrected chi connectivity index (χ0v) is 14.3. The van der Waals surface area contributed by atoms with Crippen LogP contribution in [0.2, 0.25) is 0 Å². The molecule has 4 heteroatoms. The molecule has 1 aromatic rings. The van der Waals surface area contributed by atoms with Crippen molar-refractivity contribution in [1.82, 2.24) is 14.8 Å². The summed E-state index contributed by atoms with van der Waals surface area (Å²) < 4.78 is 2.08. The minimum absolute atomic E-state index is 0.186. The molecule has 0 atom stereocenters. The molecule has 0 aromatic carbocycles. The van der Waals surface area contributed by atoms with Crippen LogP contribution in [0.5, 0.6) is 0 Å². The van der Waals surface area contributed by atoms with Crippen molar-refractivity contribution in [3.05, 3.63) is 24.0 Å². The van der Waals surface area contributed by atoms with Crippen LogP contribution in [0.1, 0.15) is 38.8 Å². The first-order chi connectivity index (χ1) is 10.5. The van der Waals surface area contributed by atoms with E-state index in [1.807, 2.05) is 19.3 Å². The van der Waals surface area contributed by atoms with Gasteiger partial charge >= 0.3 is 0 Å². The maximum Gasteiger partial charge on any atom is 0.220 e. The lowest BCUT2D eigenvalue weighted by Crippen LogP contribution is -2.40. The fourth-order valence-corrected chi connectivity index (χ4v) is 3.23. The van der Waals surface area contributed by atoms with E-state index in [-0.39, 0.29) is 5.91 Å². The molecule has 2 heterocycles. The largest absolute Gasteiger partial charge is 0.356 e. The lowest BCUT2D eigenvalue weighted by molar-refractivity contribution is -0.121. The molecular weight excluding hydrogens is 274 g/mol. The van der Waals surface area contributed by atoms with Crippen LogP contribution >= 0.6 is 0 Å². The number of carbonyl (C=O) groups excluding carboxylic acids is 1. The molecule has 0 saturated carbocycles. The number of piperidine rings is 1. The summed E-state index contributed by atoms with van der Waals surface area (Å²) in [6.45, 7) is 8.97. The molecule has 0 unspecified atom stereocenters. The fraction of sp³-hybridized carbons (Fsp3) is 0.722. The quantitative estimate of drug-likeness (QED) is 0.840. The maximum atomic E-state index is 12.0. The number of nitrogens with one attached hydrogen (secondary N) is 1. The summed E-state index contributed by atoms with van der Waals surface area (Å²) >= 11 is 0. The van der Waals surface area contributed by atoms with Gasteiger partial charge in [-0.2, -0.15) is 0 Å². The summed E-state index contributed by atoms with van der Waals surface area (Å²) in [4.78, 5) is 14.5. The van der Waals surface area contributed by atoms with E-state index in [0.29, 0.717) is 12.3 Å². The van der Waals surface area contributed by atoms with Crippen LogP contribution in [0, 0.1) is 11.8 Å². The molecular formula is C18H31N3O. The lowest BCUT2D eigenvalue weighted by atomic mass is 9.96. The van der Waals surface area contributed by atoms with Gasteiger partial charge in [0.15, 0.2) is 0 Å². The van der Waals surface area contributed by atoms with E-state index < -0.39 is 0 Å². The van der Waals surface area contributed by atoms with Crippen molar-refractivity contribution >= 4 is 5.91 Å². The molecule has 1 aliphatic heterocycles. The molecule has 0 radical (unpaired) electrons. The summed E-state index contributed by atoms with van der Waals surface area (Å²) in [6, 6.07) is 4.11. The van der Waals surface area contributed by atoms with Crippen LogP contribution in [-0.4, -0.2) is 41.6 Å². The van der Waals surface area contributed by atoms with Gasteiger partial charge in [0.2, 0.25) is 5.91 Å². The molecule has 1 aliphatic rings.